The number of aliphatic hydroxyl groups excluding tert-OH is 1. The predicted octanol–water partition coefficient (Wildman–Crippen LogP) is 2.25. The first-order valence-corrected chi connectivity index (χ1v) is 6.88. The van der Waals surface area contributed by atoms with E-state index in [1.165, 1.54) is 23.6 Å². The molecule has 1 aromatic rings. The molecule has 1 aromatic carbocycles. The zero-order valence-electron chi connectivity index (χ0n) is 12.2. The number of amides is 1. The average molecular weight is 261 g/mol. The predicted molar refractivity (Wildman–Crippen MR) is 75.9 cm³/mol. The van der Waals surface area contributed by atoms with E-state index in [0.717, 1.165) is 6.42 Å². The summed E-state index contributed by atoms with van der Waals surface area (Å²) in [5.41, 5.74) is 3.94. The summed E-state index contributed by atoms with van der Waals surface area (Å²) in [6.07, 6.45) is -0.0366. The summed E-state index contributed by atoms with van der Waals surface area (Å²) in [5.74, 6) is -0.174. The van der Waals surface area contributed by atoms with Gasteiger partial charge < -0.3 is 10.0 Å². The standard InChI is InChI=1S/C16H23NO2/c1-11(18)15(19)17-8-7-12-5-6-14(16(2,3)4)9-13(12)10-17/h5-6,9,11,18H,7-8,10H2,1-4H3/t11-/m0/s1. The number of nitrogens with zero attached hydrogens (tertiary/aromatic N) is 1. The lowest BCUT2D eigenvalue weighted by Crippen LogP contribution is -2.41. The molecule has 0 radical (unpaired) electrons. The topological polar surface area (TPSA) is 40.5 Å². The molecular formula is C16H23NO2. The summed E-state index contributed by atoms with van der Waals surface area (Å²) in [7, 11) is 0. The zero-order chi connectivity index (χ0) is 14.2. The number of aliphatic hydroxyl groups is 1. The number of rotatable bonds is 1. The van der Waals surface area contributed by atoms with E-state index < -0.39 is 6.10 Å². The summed E-state index contributed by atoms with van der Waals surface area (Å²) in [6, 6.07) is 6.57. The van der Waals surface area contributed by atoms with Crippen LogP contribution in [-0.2, 0) is 23.2 Å². The molecule has 0 unspecified atom stereocenters. The summed E-state index contributed by atoms with van der Waals surface area (Å²) in [5, 5.41) is 9.41. The summed E-state index contributed by atoms with van der Waals surface area (Å²) in [6.45, 7) is 9.42. The quantitative estimate of drug-likeness (QED) is 0.842. The van der Waals surface area contributed by atoms with Crippen LogP contribution in [0.1, 0.15) is 44.4 Å². The number of benzene rings is 1. The van der Waals surface area contributed by atoms with E-state index >= 15 is 0 Å². The van der Waals surface area contributed by atoms with Gasteiger partial charge in [0.2, 0.25) is 0 Å². The van der Waals surface area contributed by atoms with Gasteiger partial charge in [-0.3, -0.25) is 4.79 Å². The molecule has 0 aromatic heterocycles. The maximum absolute atomic E-state index is 11.9. The Morgan fingerprint density at radius 3 is 2.58 bits per heavy atom. The van der Waals surface area contributed by atoms with E-state index in [0.29, 0.717) is 13.1 Å². The van der Waals surface area contributed by atoms with Crippen LogP contribution in [0.15, 0.2) is 18.2 Å². The molecule has 1 N–H and O–H groups in total. The van der Waals surface area contributed by atoms with Crippen molar-refractivity contribution in [2.75, 3.05) is 6.54 Å². The molecule has 0 spiro atoms. The second-order valence-electron chi connectivity index (χ2n) is 6.42. The molecule has 3 nitrogen and oxygen atoms in total. The third kappa shape index (κ3) is 2.98. The van der Waals surface area contributed by atoms with Crippen molar-refractivity contribution in [3.05, 3.63) is 34.9 Å². The fraction of sp³-hybridized carbons (Fsp3) is 0.562. The number of carbonyl (C=O) groups excluding carboxylic acids is 1. The third-order valence-electron chi connectivity index (χ3n) is 3.75. The minimum absolute atomic E-state index is 0.117. The Labute approximate surface area is 115 Å². The van der Waals surface area contributed by atoms with E-state index in [1.807, 2.05) is 0 Å². The zero-order valence-corrected chi connectivity index (χ0v) is 12.2. The summed E-state index contributed by atoms with van der Waals surface area (Å²) >= 11 is 0. The SMILES string of the molecule is C[C@H](O)C(=O)N1CCc2ccc(C(C)(C)C)cc2C1. The monoisotopic (exact) mass is 261 g/mol. The smallest absolute Gasteiger partial charge is 0.251 e. The van der Waals surface area contributed by atoms with Crippen molar-refractivity contribution in [3.63, 3.8) is 0 Å². The van der Waals surface area contributed by atoms with E-state index in [-0.39, 0.29) is 11.3 Å². The number of fused-ring (bicyclic) bond motifs is 1. The van der Waals surface area contributed by atoms with Gasteiger partial charge in [-0.2, -0.15) is 0 Å². The molecule has 0 saturated carbocycles. The minimum Gasteiger partial charge on any atom is -0.384 e. The molecule has 0 bridgehead atoms. The van der Waals surface area contributed by atoms with Gasteiger partial charge in [-0.25, -0.2) is 0 Å². The molecule has 1 aliphatic heterocycles. The van der Waals surface area contributed by atoms with Crippen LogP contribution in [0.3, 0.4) is 0 Å². The fourth-order valence-corrected chi connectivity index (χ4v) is 2.48. The van der Waals surface area contributed by atoms with Gasteiger partial charge in [0.05, 0.1) is 0 Å². The molecule has 0 fully saturated rings. The van der Waals surface area contributed by atoms with Gasteiger partial charge in [-0.15, -0.1) is 0 Å². The molecule has 2 rings (SSSR count). The van der Waals surface area contributed by atoms with Gasteiger partial charge >= 0.3 is 0 Å². The van der Waals surface area contributed by atoms with Crippen LogP contribution in [0.5, 0.6) is 0 Å². The Morgan fingerprint density at radius 1 is 1.32 bits per heavy atom. The van der Waals surface area contributed by atoms with Crippen LogP contribution in [0.2, 0.25) is 0 Å². The Hall–Kier alpha value is -1.35. The molecule has 1 heterocycles. The van der Waals surface area contributed by atoms with Crippen molar-refractivity contribution in [3.8, 4) is 0 Å². The largest absolute Gasteiger partial charge is 0.384 e. The van der Waals surface area contributed by atoms with E-state index in [2.05, 4.69) is 39.0 Å². The molecule has 1 atom stereocenters. The average Bonchev–Trinajstić information content (AvgIpc) is 2.35. The van der Waals surface area contributed by atoms with Crippen LogP contribution < -0.4 is 0 Å². The van der Waals surface area contributed by atoms with Crippen molar-refractivity contribution in [1.29, 1.82) is 0 Å². The van der Waals surface area contributed by atoms with Gasteiger partial charge in [0.15, 0.2) is 0 Å². The highest BCUT2D eigenvalue weighted by Crippen LogP contribution is 2.27. The first-order valence-electron chi connectivity index (χ1n) is 6.88. The molecule has 0 aliphatic carbocycles. The van der Waals surface area contributed by atoms with Crippen molar-refractivity contribution in [1.82, 2.24) is 4.90 Å². The van der Waals surface area contributed by atoms with E-state index in [1.54, 1.807) is 4.90 Å². The second-order valence-corrected chi connectivity index (χ2v) is 6.42. The van der Waals surface area contributed by atoms with Crippen LogP contribution >= 0.6 is 0 Å². The fourth-order valence-electron chi connectivity index (χ4n) is 2.48. The van der Waals surface area contributed by atoms with Crippen molar-refractivity contribution >= 4 is 5.91 Å². The second kappa shape index (κ2) is 4.97. The Bertz CT molecular complexity index is 486. The maximum atomic E-state index is 11.9. The Balaban J connectivity index is 2.26. The Kier molecular flexibility index (Phi) is 3.68. The highest BCUT2D eigenvalue weighted by Gasteiger charge is 2.24. The lowest BCUT2D eigenvalue weighted by atomic mass is 9.84. The normalized spacial score (nSPS) is 17.0. The molecule has 3 heteroatoms. The Morgan fingerprint density at radius 2 is 2.00 bits per heavy atom. The van der Waals surface area contributed by atoms with Gasteiger partial charge in [0.1, 0.15) is 6.10 Å². The van der Waals surface area contributed by atoms with Crippen LogP contribution in [0.25, 0.3) is 0 Å². The first-order chi connectivity index (χ1) is 8.79. The highest BCUT2D eigenvalue weighted by atomic mass is 16.3. The third-order valence-corrected chi connectivity index (χ3v) is 3.75. The number of hydrogen-bond acceptors (Lipinski definition) is 2. The molecule has 104 valence electrons. The maximum Gasteiger partial charge on any atom is 0.251 e. The van der Waals surface area contributed by atoms with Crippen molar-refractivity contribution < 1.29 is 9.90 Å². The lowest BCUT2D eigenvalue weighted by Gasteiger charge is -2.31. The van der Waals surface area contributed by atoms with Gasteiger partial charge in [0.25, 0.3) is 5.91 Å². The molecule has 1 amide bonds. The van der Waals surface area contributed by atoms with Crippen LogP contribution in [0.4, 0.5) is 0 Å². The van der Waals surface area contributed by atoms with Gasteiger partial charge in [-0.1, -0.05) is 39.0 Å². The van der Waals surface area contributed by atoms with E-state index in [9.17, 15) is 9.90 Å². The molecule has 19 heavy (non-hydrogen) atoms. The number of carbonyl (C=O) groups is 1. The van der Waals surface area contributed by atoms with Crippen molar-refractivity contribution in [2.45, 2.75) is 52.2 Å². The molecular weight excluding hydrogens is 238 g/mol. The number of hydrogen-bond donors (Lipinski definition) is 1. The van der Waals surface area contributed by atoms with Gasteiger partial charge in [-0.05, 0) is 35.4 Å². The molecule has 1 aliphatic rings. The first kappa shape index (κ1) is 14.1. The summed E-state index contributed by atoms with van der Waals surface area (Å²) in [4.78, 5) is 13.6. The molecule has 0 saturated heterocycles. The van der Waals surface area contributed by atoms with Crippen LogP contribution in [-0.4, -0.2) is 28.6 Å². The van der Waals surface area contributed by atoms with Crippen LogP contribution in [0, 0.1) is 0 Å². The highest BCUT2D eigenvalue weighted by molar-refractivity contribution is 5.80. The van der Waals surface area contributed by atoms with Gasteiger partial charge in [0, 0.05) is 13.1 Å². The summed E-state index contributed by atoms with van der Waals surface area (Å²) < 4.78 is 0. The lowest BCUT2D eigenvalue weighted by molar-refractivity contribution is -0.140. The van der Waals surface area contributed by atoms with E-state index in [4.69, 9.17) is 0 Å². The van der Waals surface area contributed by atoms with Crippen molar-refractivity contribution in [2.24, 2.45) is 0 Å². The minimum atomic E-state index is -0.910.